The molecule has 3 fully saturated rings. The van der Waals surface area contributed by atoms with Crippen LogP contribution in [0.5, 0.6) is 0 Å². The molecule has 4 aromatic heterocycles. The number of carbonyl (C=O) groups is 1. The third-order valence-corrected chi connectivity index (χ3v) is 13.0. The summed E-state index contributed by atoms with van der Waals surface area (Å²) >= 11 is 6.65. The van der Waals surface area contributed by atoms with Gasteiger partial charge >= 0.3 is 0 Å². The van der Waals surface area contributed by atoms with Gasteiger partial charge in [0.05, 0.1) is 64.6 Å². The smallest absolute Gasteiger partial charge is 0.293 e. The van der Waals surface area contributed by atoms with Crippen LogP contribution in [-0.4, -0.2) is 80.0 Å². The highest BCUT2D eigenvalue weighted by molar-refractivity contribution is 7.92. The summed E-state index contributed by atoms with van der Waals surface area (Å²) in [5.74, 6) is -8.54. The summed E-state index contributed by atoms with van der Waals surface area (Å²) in [4.78, 5) is 41.0. The number of fused-ring (bicyclic) bond motifs is 7. The van der Waals surface area contributed by atoms with E-state index in [2.05, 4.69) is 25.1 Å². The number of amides is 1. The Morgan fingerprint density at radius 3 is 2.43 bits per heavy atom. The maximum Gasteiger partial charge on any atom is 0.293 e. The van der Waals surface area contributed by atoms with Crippen molar-refractivity contribution in [2.45, 2.75) is 68.6 Å². The average Bonchev–Trinajstić information content (AvgIpc) is 3.64. The Morgan fingerprint density at radius 2 is 1.75 bits per heavy atom. The molecule has 6 heterocycles. The van der Waals surface area contributed by atoms with Gasteiger partial charge in [-0.25, -0.2) is 35.9 Å². The fraction of sp³-hybridized carbons (Fsp3) is 0.400. The van der Waals surface area contributed by atoms with Crippen LogP contribution in [0.2, 0.25) is 5.02 Å². The highest BCUT2D eigenvalue weighted by Gasteiger charge is 2.67. The molecule has 2 aliphatic carbocycles. The number of alkyl halides is 4. The van der Waals surface area contributed by atoms with E-state index in [0.29, 0.717) is 29.8 Å². The lowest BCUT2D eigenvalue weighted by Crippen LogP contribution is -2.46. The minimum Gasteiger partial charge on any atom is -0.377 e. The van der Waals surface area contributed by atoms with Crippen molar-refractivity contribution in [2.24, 2.45) is 13.0 Å². The molecule has 23 heteroatoms. The number of aryl methyl sites for hydroxylation is 1. The van der Waals surface area contributed by atoms with Crippen LogP contribution in [0, 0.1) is 17.6 Å². The number of anilines is 2. The summed E-state index contributed by atoms with van der Waals surface area (Å²) in [6.45, 7) is -0.0763. The first-order valence-electron chi connectivity index (χ1n) is 19.8. The number of nitrogens with zero attached hydrogens (tertiary/aromatic N) is 8. The summed E-state index contributed by atoms with van der Waals surface area (Å²) in [6.07, 6.45) is -1.09. The SMILES string of the molecule is Cn1nc(NS(C)(=O)=O)c2c(Cl)ccc(-n3c([C@H](Cc4cc(F)cc(F)c4)NC(=O)Cn4nc(C(F)F)c5c4C(F)(F)[C@@H]4C[C@H]54)nc4nc(N5C6CCC5COC6)ccc4c3=O)c21. The van der Waals surface area contributed by atoms with Crippen molar-refractivity contribution in [1.82, 2.24) is 39.4 Å². The third kappa shape index (κ3) is 6.96. The molecule has 1 amide bonds. The minimum absolute atomic E-state index is 0.00186. The summed E-state index contributed by atoms with van der Waals surface area (Å²) in [5.41, 5.74) is -2.65. The number of aromatic nitrogens is 7. The summed E-state index contributed by atoms with van der Waals surface area (Å²) < 4.78 is 125. The van der Waals surface area contributed by atoms with E-state index in [1.165, 1.54) is 29.9 Å². The zero-order valence-electron chi connectivity index (χ0n) is 33.1. The second kappa shape index (κ2) is 14.7. The van der Waals surface area contributed by atoms with Crippen molar-refractivity contribution in [2.75, 3.05) is 29.1 Å². The number of sulfonamides is 1. The van der Waals surface area contributed by atoms with Crippen molar-refractivity contribution in [3.63, 3.8) is 0 Å². The number of carbonyl (C=O) groups excluding carboxylic acids is 1. The highest BCUT2D eigenvalue weighted by Crippen LogP contribution is 2.68. The van der Waals surface area contributed by atoms with E-state index in [1.54, 1.807) is 6.07 Å². The quantitative estimate of drug-likeness (QED) is 0.152. The Morgan fingerprint density at radius 1 is 1.03 bits per heavy atom. The molecule has 4 aliphatic rings. The largest absolute Gasteiger partial charge is 0.377 e. The zero-order valence-corrected chi connectivity index (χ0v) is 34.7. The first-order valence-corrected chi connectivity index (χ1v) is 22.1. The van der Waals surface area contributed by atoms with E-state index in [1.807, 2.05) is 0 Å². The van der Waals surface area contributed by atoms with Crippen molar-refractivity contribution >= 4 is 61.1 Å². The van der Waals surface area contributed by atoms with Crippen LogP contribution in [0.15, 0.2) is 47.3 Å². The summed E-state index contributed by atoms with van der Waals surface area (Å²) in [5, 5.41) is 10.9. The molecule has 63 heavy (non-hydrogen) atoms. The maximum atomic E-state index is 15.6. The molecule has 10 rings (SSSR count). The summed E-state index contributed by atoms with van der Waals surface area (Å²) in [6, 6.07) is 7.09. The van der Waals surface area contributed by atoms with Crippen LogP contribution in [-0.2, 0) is 45.5 Å². The zero-order chi connectivity index (χ0) is 44.4. The van der Waals surface area contributed by atoms with Crippen molar-refractivity contribution in [3.8, 4) is 5.69 Å². The van der Waals surface area contributed by atoms with Gasteiger partial charge in [0, 0.05) is 31.0 Å². The molecular weight excluding hydrogens is 882 g/mol. The van der Waals surface area contributed by atoms with E-state index in [9.17, 15) is 30.8 Å². The Kier molecular flexibility index (Phi) is 9.60. The number of benzene rings is 2. The van der Waals surface area contributed by atoms with Crippen molar-refractivity contribution < 1.29 is 44.3 Å². The molecule has 2 aliphatic heterocycles. The number of hydrogen-bond acceptors (Lipinski definition) is 10. The fourth-order valence-corrected chi connectivity index (χ4v) is 10.3. The molecule has 6 aromatic rings. The predicted octanol–water partition coefficient (Wildman–Crippen LogP) is 5.78. The third-order valence-electron chi connectivity index (χ3n) is 12.2. The van der Waals surface area contributed by atoms with Gasteiger partial charge in [-0.05, 0) is 67.1 Å². The lowest BCUT2D eigenvalue weighted by molar-refractivity contribution is -0.123. The Labute approximate surface area is 358 Å². The molecule has 1 saturated carbocycles. The van der Waals surface area contributed by atoms with Crippen molar-refractivity contribution in [3.05, 3.63) is 97.8 Å². The number of halogens is 7. The molecule has 15 nitrogen and oxygen atoms in total. The van der Waals surface area contributed by atoms with Crippen LogP contribution >= 0.6 is 11.6 Å². The maximum absolute atomic E-state index is 15.6. The topological polar surface area (TPSA) is 171 Å². The van der Waals surface area contributed by atoms with Crippen LogP contribution < -0.4 is 20.5 Å². The Bertz CT molecular complexity index is 3050. The molecule has 0 spiro atoms. The first kappa shape index (κ1) is 41.3. The molecule has 330 valence electrons. The van der Waals surface area contributed by atoms with Gasteiger partial charge in [0.15, 0.2) is 11.5 Å². The second-order valence-corrected chi connectivity index (χ2v) is 18.6. The first-order chi connectivity index (χ1) is 29.9. The van der Waals surface area contributed by atoms with E-state index >= 15 is 13.6 Å². The molecule has 2 N–H and O–H groups in total. The lowest BCUT2D eigenvalue weighted by Gasteiger charge is -2.35. The highest BCUT2D eigenvalue weighted by atomic mass is 35.5. The summed E-state index contributed by atoms with van der Waals surface area (Å²) in [7, 11) is -2.45. The Hall–Kier alpha value is -5.74. The van der Waals surface area contributed by atoms with Crippen LogP contribution in [0.3, 0.4) is 0 Å². The van der Waals surface area contributed by atoms with E-state index in [0.717, 1.165) is 35.8 Å². The molecule has 2 bridgehead atoms. The van der Waals surface area contributed by atoms with Crippen molar-refractivity contribution in [1.29, 1.82) is 0 Å². The van der Waals surface area contributed by atoms with Gasteiger partial charge in [0.2, 0.25) is 15.9 Å². The fourth-order valence-electron chi connectivity index (χ4n) is 9.60. The van der Waals surface area contributed by atoms with Gasteiger partial charge in [-0.3, -0.25) is 28.2 Å². The number of pyridine rings is 1. The number of hydrogen-bond donors (Lipinski definition) is 2. The molecule has 5 atom stereocenters. The predicted molar refractivity (Wildman–Crippen MR) is 216 cm³/mol. The normalized spacial score (nSPS) is 21.6. The second-order valence-electron chi connectivity index (χ2n) is 16.4. The van der Waals surface area contributed by atoms with E-state index < -0.39 is 87.7 Å². The number of rotatable bonds is 11. The van der Waals surface area contributed by atoms with E-state index in [4.69, 9.17) is 26.3 Å². The van der Waals surface area contributed by atoms with Gasteiger partial charge in [0.1, 0.15) is 41.2 Å². The molecule has 2 aromatic carbocycles. The number of morpholine rings is 1. The number of ether oxygens (including phenoxy) is 1. The van der Waals surface area contributed by atoms with Crippen LogP contribution in [0.1, 0.15) is 66.0 Å². The molecule has 2 saturated heterocycles. The van der Waals surface area contributed by atoms with Gasteiger partial charge in [0.25, 0.3) is 17.9 Å². The average molecular weight is 917 g/mol. The standard InChI is InChI=1S/C40H35ClF6N10O5S/c1-54-33-27(7-6-25(41)31(33)37(52-54)53-63(2,60)61)57-38(50-36-22(39(57)59)5-8-28(49-36)56-20-3-4-21(56)16-62-15-20)26(11-17-9-18(42)12-19(43)10-17)48-29(58)14-55-34-30(32(51-55)35(44)45)23-13-24(23)40(34,46)47/h5-10,12,20-21,23-24,26,35H,3-4,11,13-16H2,1-2H3,(H,48,58)(H,52,53)/t20?,21?,23-,24+,26-/m0/s1. The molecular formula is C40H35ClF6N10O5S. The molecule has 0 radical (unpaired) electrons. The van der Waals surface area contributed by atoms with Crippen LogP contribution in [0.25, 0.3) is 27.6 Å². The Balaban J connectivity index is 1.17. The van der Waals surface area contributed by atoms with E-state index in [-0.39, 0.29) is 73.9 Å². The van der Waals surface area contributed by atoms with Crippen LogP contribution in [0.4, 0.5) is 38.0 Å². The lowest BCUT2D eigenvalue weighted by atomic mass is 10.0. The van der Waals surface area contributed by atoms with Gasteiger partial charge < -0.3 is 15.0 Å². The minimum atomic E-state index is -3.91. The van der Waals surface area contributed by atoms with Gasteiger partial charge in [-0.15, -0.1) is 0 Å². The van der Waals surface area contributed by atoms with Gasteiger partial charge in [-0.2, -0.15) is 19.0 Å². The monoisotopic (exact) mass is 916 g/mol. The molecule has 2 unspecified atom stereocenters. The number of nitrogens with one attached hydrogen (secondary N) is 2. The van der Waals surface area contributed by atoms with Gasteiger partial charge in [-0.1, -0.05) is 11.6 Å².